The predicted molar refractivity (Wildman–Crippen MR) is 109 cm³/mol. The Kier molecular flexibility index (Phi) is 6.89. The van der Waals surface area contributed by atoms with Gasteiger partial charge in [0.25, 0.3) is 15.9 Å². The van der Waals surface area contributed by atoms with Crippen LogP contribution in [0.2, 0.25) is 0 Å². The van der Waals surface area contributed by atoms with Crippen LogP contribution in [-0.2, 0) is 14.8 Å². The molecule has 1 amide bonds. The summed E-state index contributed by atoms with van der Waals surface area (Å²) in [5.74, 6) is 0.319. The number of anilines is 1. The first-order valence-electron chi connectivity index (χ1n) is 8.72. The minimum absolute atomic E-state index is 0.0875. The van der Waals surface area contributed by atoms with Crippen molar-refractivity contribution in [2.45, 2.75) is 43.4 Å². The molecule has 0 aliphatic rings. The lowest BCUT2D eigenvalue weighted by Crippen LogP contribution is -2.45. The molecular weight excluding hydrogens is 384 g/mol. The maximum absolute atomic E-state index is 12.5. The standard InChI is InChI=1S/C19H26N2O4S2/c1-5-12-19(2,3)20-17(22)14-25-16-10-8-15(9-11-16)21(4)27(23,24)18-7-6-13-26-18/h6-11,13H,5,12,14H2,1-4H3,(H,20,22). The zero-order valence-corrected chi connectivity index (χ0v) is 17.7. The molecule has 0 saturated heterocycles. The van der Waals surface area contributed by atoms with Crippen molar-refractivity contribution in [3.8, 4) is 5.75 Å². The van der Waals surface area contributed by atoms with E-state index in [1.807, 2.05) is 13.8 Å². The lowest BCUT2D eigenvalue weighted by Gasteiger charge is -2.25. The second-order valence-electron chi connectivity index (χ2n) is 6.87. The molecule has 0 spiro atoms. The van der Waals surface area contributed by atoms with Crippen molar-refractivity contribution in [2.24, 2.45) is 0 Å². The summed E-state index contributed by atoms with van der Waals surface area (Å²) in [5, 5.41) is 4.67. The summed E-state index contributed by atoms with van der Waals surface area (Å²) in [5.41, 5.74) is 0.252. The topological polar surface area (TPSA) is 75.7 Å². The summed E-state index contributed by atoms with van der Waals surface area (Å²) < 4.78 is 32.1. The monoisotopic (exact) mass is 410 g/mol. The number of sulfonamides is 1. The fraction of sp³-hybridized carbons (Fsp3) is 0.421. The Bertz CT molecular complexity index is 844. The number of benzene rings is 1. The van der Waals surface area contributed by atoms with Gasteiger partial charge in [0.05, 0.1) is 5.69 Å². The smallest absolute Gasteiger partial charge is 0.273 e. The largest absolute Gasteiger partial charge is 0.484 e. The van der Waals surface area contributed by atoms with E-state index in [0.29, 0.717) is 11.4 Å². The molecule has 0 saturated carbocycles. The zero-order chi connectivity index (χ0) is 20.1. The number of nitrogens with zero attached hydrogens (tertiary/aromatic N) is 1. The van der Waals surface area contributed by atoms with Gasteiger partial charge in [-0.05, 0) is 56.0 Å². The molecule has 1 heterocycles. The van der Waals surface area contributed by atoms with E-state index in [2.05, 4.69) is 12.2 Å². The summed E-state index contributed by atoms with van der Waals surface area (Å²) in [4.78, 5) is 12.0. The number of hydrogen-bond donors (Lipinski definition) is 1. The number of thiophene rings is 1. The third-order valence-electron chi connectivity index (χ3n) is 4.03. The summed E-state index contributed by atoms with van der Waals surface area (Å²) in [6.45, 7) is 5.94. The van der Waals surface area contributed by atoms with E-state index in [1.165, 1.54) is 22.7 Å². The van der Waals surface area contributed by atoms with Gasteiger partial charge in [-0.2, -0.15) is 0 Å². The van der Waals surface area contributed by atoms with Crippen molar-refractivity contribution < 1.29 is 17.9 Å². The van der Waals surface area contributed by atoms with E-state index in [9.17, 15) is 13.2 Å². The van der Waals surface area contributed by atoms with E-state index in [4.69, 9.17) is 4.74 Å². The maximum atomic E-state index is 12.5. The second-order valence-corrected chi connectivity index (χ2v) is 10.0. The van der Waals surface area contributed by atoms with Crippen LogP contribution in [0.4, 0.5) is 5.69 Å². The van der Waals surface area contributed by atoms with Crippen LogP contribution in [0, 0.1) is 0 Å². The van der Waals surface area contributed by atoms with Crippen LogP contribution in [0.15, 0.2) is 46.0 Å². The number of carbonyl (C=O) groups is 1. The Morgan fingerprint density at radius 3 is 2.44 bits per heavy atom. The molecule has 8 heteroatoms. The first-order chi connectivity index (χ1) is 12.7. The Hall–Kier alpha value is -2.06. The van der Waals surface area contributed by atoms with Crippen LogP contribution in [0.1, 0.15) is 33.6 Å². The molecule has 2 aromatic rings. The first-order valence-corrected chi connectivity index (χ1v) is 11.0. The normalized spacial score (nSPS) is 11.9. The van der Waals surface area contributed by atoms with Gasteiger partial charge in [-0.3, -0.25) is 9.10 Å². The van der Waals surface area contributed by atoms with Gasteiger partial charge in [-0.15, -0.1) is 11.3 Å². The van der Waals surface area contributed by atoms with Crippen LogP contribution in [0.25, 0.3) is 0 Å². The molecule has 6 nitrogen and oxygen atoms in total. The first kappa shape index (κ1) is 21.2. The third kappa shape index (κ3) is 5.71. The molecular formula is C19H26N2O4S2. The molecule has 1 aromatic carbocycles. The Morgan fingerprint density at radius 1 is 1.22 bits per heavy atom. The second kappa shape index (κ2) is 8.75. The minimum atomic E-state index is -3.57. The molecule has 2 rings (SSSR count). The summed E-state index contributed by atoms with van der Waals surface area (Å²) >= 11 is 1.18. The quantitative estimate of drug-likeness (QED) is 0.685. The lowest BCUT2D eigenvalue weighted by atomic mass is 9.99. The van der Waals surface area contributed by atoms with Gasteiger partial charge < -0.3 is 10.1 Å². The van der Waals surface area contributed by atoms with Crippen molar-refractivity contribution in [1.82, 2.24) is 5.32 Å². The van der Waals surface area contributed by atoms with Crippen molar-refractivity contribution in [2.75, 3.05) is 18.0 Å². The van der Waals surface area contributed by atoms with Crippen LogP contribution in [0.5, 0.6) is 5.75 Å². The van der Waals surface area contributed by atoms with Gasteiger partial charge in [0, 0.05) is 12.6 Å². The van der Waals surface area contributed by atoms with E-state index in [1.54, 1.807) is 41.8 Å². The molecule has 0 aliphatic heterocycles. The molecule has 0 fully saturated rings. The van der Waals surface area contributed by atoms with Crippen LogP contribution in [-0.4, -0.2) is 33.5 Å². The predicted octanol–water partition coefficient (Wildman–Crippen LogP) is 3.65. The Morgan fingerprint density at radius 2 is 1.89 bits per heavy atom. The fourth-order valence-corrected chi connectivity index (χ4v) is 5.04. The van der Waals surface area contributed by atoms with Crippen LogP contribution in [0.3, 0.4) is 0 Å². The number of carbonyl (C=O) groups excluding carboxylic acids is 1. The van der Waals surface area contributed by atoms with Crippen LogP contribution < -0.4 is 14.4 Å². The summed E-state index contributed by atoms with van der Waals surface area (Å²) in [6.07, 6.45) is 1.87. The number of amides is 1. The van der Waals surface area contributed by atoms with Crippen molar-refractivity contribution in [3.63, 3.8) is 0 Å². The molecule has 27 heavy (non-hydrogen) atoms. The van der Waals surface area contributed by atoms with E-state index < -0.39 is 10.0 Å². The van der Waals surface area contributed by atoms with Crippen molar-refractivity contribution in [1.29, 1.82) is 0 Å². The molecule has 148 valence electrons. The van der Waals surface area contributed by atoms with Gasteiger partial charge in [0.2, 0.25) is 0 Å². The van der Waals surface area contributed by atoms with Gasteiger partial charge in [0.15, 0.2) is 6.61 Å². The average Bonchev–Trinajstić information content (AvgIpc) is 3.14. The molecule has 0 radical (unpaired) electrons. The number of rotatable bonds is 9. The van der Waals surface area contributed by atoms with E-state index >= 15 is 0 Å². The van der Waals surface area contributed by atoms with Gasteiger partial charge in [-0.25, -0.2) is 8.42 Å². The average molecular weight is 411 g/mol. The van der Waals surface area contributed by atoms with Gasteiger partial charge in [0.1, 0.15) is 9.96 Å². The fourth-order valence-electron chi connectivity index (χ4n) is 2.69. The van der Waals surface area contributed by atoms with Crippen molar-refractivity contribution in [3.05, 3.63) is 41.8 Å². The molecule has 1 aromatic heterocycles. The molecule has 0 atom stereocenters. The highest BCUT2D eigenvalue weighted by Crippen LogP contribution is 2.26. The summed E-state index contributed by atoms with van der Waals surface area (Å²) in [6, 6.07) is 9.89. The highest BCUT2D eigenvalue weighted by Gasteiger charge is 2.22. The molecule has 1 N–H and O–H groups in total. The van der Waals surface area contributed by atoms with Crippen LogP contribution >= 0.6 is 11.3 Å². The van der Waals surface area contributed by atoms with Crippen molar-refractivity contribution >= 4 is 33.0 Å². The molecule has 0 aliphatic carbocycles. The maximum Gasteiger partial charge on any atom is 0.273 e. The lowest BCUT2D eigenvalue weighted by molar-refractivity contribution is -0.124. The molecule has 0 unspecified atom stereocenters. The number of hydrogen-bond acceptors (Lipinski definition) is 5. The Labute approximate surface area is 165 Å². The van der Waals surface area contributed by atoms with E-state index in [0.717, 1.165) is 12.8 Å². The number of nitrogens with one attached hydrogen (secondary N) is 1. The summed E-state index contributed by atoms with van der Waals surface area (Å²) in [7, 11) is -2.06. The van der Waals surface area contributed by atoms with Gasteiger partial charge >= 0.3 is 0 Å². The zero-order valence-electron chi connectivity index (χ0n) is 16.1. The SMILES string of the molecule is CCCC(C)(C)NC(=O)COc1ccc(N(C)S(=O)(=O)c2cccs2)cc1. The van der Waals surface area contributed by atoms with Gasteiger partial charge in [-0.1, -0.05) is 19.4 Å². The highest BCUT2D eigenvalue weighted by atomic mass is 32.2. The molecule has 0 bridgehead atoms. The minimum Gasteiger partial charge on any atom is -0.484 e. The van der Waals surface area contributed by atoms with E-state index in [-0.39, 0.29) is 22.3 Å². The number of ether oxygens (including phenoxy) is 1. The highest BCUT2D eigenvalue weighted by molar-refractivity contribution is 7.94. The third-order valence-corrected chi connectivity index (χ3v) is 7.19. The Balaban J connectivity index is 1.96.